The maximum Gasteiger partial charge on any atom is 0.323 e. The first-order chi connectivity index (χ1) is 11.5. The Kier molecular flexibility index (Phi) is 5.86. The van der Waals surface area contributed by atoms with E-state index in [4.69, 9.17) is 4.74 Å². The Bertz CT molecular complexity index is 737. The van der Waals surface area contributed by atoms with Crippen LogP contribution in [-0.2, 0) is 9.53 Å². The fraction of sp³-hybridized carbons (Fsp3) is 0.176. The maximum absolute atomic E-state index is 13.5. The SMILES string of the molecule is CO[C@H](C)C(=O)Nc1cccc(NC(=O)Nc2ccccc2F)c1. The molecule has 0 aliphatic carbocycles. The normalized spacial score (nSPS) is 11.5. The molecule has 3 N–H and O–H groups in total. The van der Waals surface area contributed by atoms with Crippen LogP contribution in [0.15, 0.2) is 48.5 Å². The molecule has 0 heterocycles. The molecule has 0 saturated heterocycles. The molecule has 1 atom stereocenters. The zero-order valence-corrected chi connectivity index (χ0v) is 13.3. The molecule has 2 aromatic rings. The van der Waals surface area contributed by atoms with E-state index in [2.05, 4.69) is 16.0 Å². The molecular weight excluding hydrogens is 313 g/mol. The van der Waals surface area contributed by atoms with Gasteiger partial charge in [-0.05, 0) is 37.3 Å². The van der Waals surface area contributed by atoms with E-state index in [1.165, 1.54) is 25.3 Å². The fourth-order valence-electron chi connectivity index (χ4n) is 1.87. The molecule has 2 aromatic carbocycles. The van der Waals surface area contributed by atoms with Gasteiger partial charge in [-0.25, -0.2) is 9.18 Å². The number of para-hydroxylation sites is 1. The fourth-order valence-corrected chi connectivity index (χ4v) is 1.87. The van der Waals surface area contributed by atoms with Gasteiger partial charge in [0.25, 0.3) is 5.91 Å². The second-order valence-corrected chi connectivity index (χ2v) is 5.01. The van der Waals surface area contributed by atoms with Crippen molar-refractivity contribution in [3.05, 3.63) is 54.3 Å². The van der Waals surface area contributed by atoms with E-state index in [0.29, 0.717) is 11.4 Å². The van der Waals surface area contributed by atoms with Crippen LogP contribution < -0.4 is 16.0 Å². The smallest absolute Gasteiger partial charge is 0.323 e. The van der Waals surface area contributed by atoms with Gasteiger partial charge in [-0.3, -0.25) is 4.79 Å². The quantitative estimate of drug-likeness (QED) is 0.785. The van der Waals surface area contributed by atoms with Crippen LogP contribution in [0.3, 0.4) is 0 Å². The van der Waals surface area contributed by atoms with E-state index in [1.807, 2.05) is 0 Å². The lowest BCUT2D eigenvalue weighted by Crippen LogP contribution is -2.26. The summed E-state index contributed by atoms with van der Waals surface area (Å²) in [5, 5.41) is 7.66. The number of anilines is 3. The third-order valence-electron chi connectivity index (χ3n) is 3.23. The van der Waals surface area contributed by atoms with Crippen LogP contribution in [0.5, 0.6) is 0 Å². The van der Waals surface area contributed by atoms with Crippen molar-refractivity contribution in [2.24, 2.45) is 0 Å². The van der Waals surface area contributed by atoms with E-state index in [0.717, 1.165) is 0 Å². The highest BCUT2D eigenvalue weighted by Crippen LogP contribution is 2.17. The van der Waals surface area contributed by atoms with E-state index in [9.17, 15) is 14.0 Å². The van der Waals surface area contributed by atoms with Gasteiger partial charge >= 0.3 is 6.03 Å². The summed E-state index contributed by atoms with van der Waals surface area (Å²) in [5.74, 6) is -0.826. The number of amides is 3. The molecule has 2 rings (SSSR count). The summed E-state index contributed by atoms with van der Waals surface area (Å²) in [6, 6.07) is 11.9. The Balaban J connectivity index is 2.00. The predicted octanol–water partition coefficient (Wildman–Crippen LogP) is 3.44. The molecule has 0 radical (unpaired) electrons. The monoisotopic (exact) mass is 331 g/mol. The highest BCUT2D eigenvalue weighted by Gasteiger charge is 2.12. The largest absolute Gasteiger partial charge is 0.372 e. The molecule has 3 amide bonds. The third kappa shape index (κ3) is 4.79. The van der Waals surface area contributed by atoms with Crippen molar-refractivity contribution in [1.82, 2.24) is 0 Å². The van der Waals surface area contributed by atoms with Crippen molar-refractivity contribution in [3.8, 4) is 0 Å². The van der Waals surface area contributed by atoms with Gasteiger partial charge in [0.05, 0.1) is 5.69 Å². The van der Waals surface area contributed by atoms with E-state index >= 15 is 0 Å². The number of hydrogen-bond donors (Lipinski definition) is 3. The molecule has 0 saturated carbocycles. The number of halogens is 1. The molecule has 24 heavy (non-hydrogen) atoms. The zero-order chi connectivity index (χ0) is 17.5. The Morgan fingerprint density at radius 3 is 2.33 bits per heavy atom. The minimum Gasteiger partial charge on any atom is -0.372 e. The van der Waals surface area contributed by atoms with Gasteiger partial charge in [-0.2, -0.15) is 0 Å². The van der Waals surface area contributed by atoms with Gasteiger partial charge in [0.15, 0.2) is 0 Å². The minimum atomic E-state index is -0.592. The topological polar surface area (TPSA) is 79.5 Å². The van der Waals surface area contributed by atoms with Crippen LogP contribution >= 0.6 is 0 Å². The Hall–Kier alpha value is -2.93. The van der Waals surface area contributed by atoms with Gasteiger partial charge < -0.3 is 20.7 Å². The average molecular weight is 331 g/mol. The number of ether oxygens (including phenoxy) is 1. The first-order valence-corrected chi connectivity index (χ1v) is 7.26. The van der Waals surface area contributed by atoms with Crippen molar-refractivity contribution in [2.45, 2.75) is 13.0 Å². The summed E-state index contributed by atoms with van der Waals surface area (Å²) < 4.78 is 18.4. The Morgan fingerprint density at radius 2 is 1.67 bits per heavy atom. The van der Waals surface area contributed by atoms with Gasteiger partial charge in [0.1, 0.15) is 11.9 Å². The summed E-state index contributed by atoms with van der Waals surface area (Å²) in [6.07, 6.45) is -0.592. The van der Waals surface area contributed by atoms with Crippen LogP contribution in [0.1, 0.15) is 6.92 Å². The molecule has 0 bridgehead atoms. The molecule has 0 aromatic heterocycles. The second-order valence-electron chi connectivity index (χ2n) is 5.01. The average Bonchev–Trinajstić information content (AvgIpc) is 2.56. The zero-order valence-electron chi connectivity index (χ0n) is 13.3. The van der Waals surface area contributed by atoms with E-state index in [-0.39, 0.29) is 11.6 Å². The van der Waals surface area contributed by atoms with E-state index in [1.54, 1.807) is 37.3 Å². The number of hydrogen-bond acceptors (Lipinski definition) is 3. The molecule has 0 spiro atoms. The lowest BCUT2D eigenvalue weighted by Gasteiger charge is -2.12. The van der Waals surface area contributed by atoms with Crippen molar-refractivity contribution in [1.29, 1.82) is 0 Å². The number of urea groups is 1. The number of benzene rings is 2. The van der Waals surface area contributed by atoms with Gasteiger partial charge in [0.2, 0.25) is 0 Å². The molecule has 0 unspecified atom stereocenters. The minimum absolute atomic E-state index is 0.0772. The lowest BCUT2D eigenvalue weighted by atomic mass is 10.2. The van der Waals surface area contributed by atoms with Crippen LogP contribution in [0.4, 0.5) is 26.2 Å². The van der Waals surface area contributed by atoms with Crippen molar-refractivity contribution in [3.63, 3.8) is 0 Å². The van der Waals surface area contributed by atoms with Crippen LogP contribution in [0.25, 0.3) is 0 Å². The van der Waals surface area contributed by atoms with Crippen molar-refractivity contribution in [2.75, 3.05) is 23.1 Å². The molecule has 0 aliphatic heterocycles. The lowest BCUT2D eigenvalue weighted by molar-refractivity contribution is -0.124. The van der Waals surface area contributed by atoms with Gasteiger partial charge in [-0.1, -0.05) is 18.2 Å². The highest BCUT2D eigenvalue weighted by atomic mass is 19.1. The maximum atomic E-state index is 13.5. The molecule has 6 nitrogen and oxygen atoms in total. The Morgan fingerprint density at radius 1 is 1.00 bits per heavy atom. The molecular formula is C17H18FN3O3. The third-order valence-corrected chi connectivity index (χ3v) is 3.23. The summed E-state index contributed by atoms with van der Waals surface area (Å²) in [4.78, 5) is 23.7. The van der Waals surface area contributed by atoms with Crippen LogP contribution in [-0.4, -0.2) is 25.2 Å². The standard InChI is InChI=1S/C17H18FN3O3/c1-11(24-2)16(22)19-12-6-5-7-13(10-12)20-17(23)21-15-9-4-3-8-14(15)18/h3-11H,1-2H3,(H,19,22)(H2,20,21,23)/t11-/m1/s1. The number of carbonyl (C=O) groups is 2. The van der Waals surface area contributed by atoms with Gasteiger partial charge in [0, 0.05) is 18.5 Å². The van der Waals surface area contributed by atoms with Crippen molar-refractivity contribution < 1.29 is 18.7 Å². The number of carbonyl (C=O) groups excluding carboxylic acids is 2. The Labute approximate surface area is 139 Å². The summed E-state index contributed by atoms with van der Waals surface area (Å²) in [7, 11) is 1.44. The van der Waals surface area contributed by atoms with Gasteiger partial charge in [-0.15, -0.1) is 0 Å². The molecule has 0 aliphatic rings. The second kappa shape index (κ2) is 8.07. The van der Waals surface area contributed by atoms with Crippen LogP contribution in [0, 0.1) is 5.82 Å². The van der Waals surface area contributed by atoms with Crippen molar-refractivity contribution >= 4 is 29.0 Å². The first kappa shape index (κ1) is 17.4. The predicted molar refractivity (Wildman–Crippen MR) is 90.6 cm³/mol. The summed E-state index contributed by atoms with van der Waals surface area (Å²) in [6.45, 7) is 1.62. The molecule has 7 heteroatoms. The summed E-state index contributed by atoms with van der Waals surface area (Å²) in [5.41, 5.74) is 1.03. The molecule has 126 valence electrons. The summed E-state index contributed by atoms with van der Waals surface area (Å²) >= 11 is 0. The number of rotatable bonds is 5. The first-order valence-electron chi connectivity index (χ1n) is 7.26. The highest BCUT2D eigenvalue weighted by molar-refractivity contribution is 6.00. The molecule has 0 fully saturated rings. The van der Waals surface area contributed by atoms with Crippen LogP contribution in [0.2, 0.25) is 0 Å². The number of nitrogens with one attached hydrogen (secondary N) is 3. The number of methoxy groups -OCH3 is 1. The van der Waals surface area contributed by atoms with E-state index < -0.39 is 18.0 Å².